The highest BCUT2D eigenvalue weighted by Gasteiger charge is 2.24. The van der Waals surface area contributed by atoms with Crippen molar-refractivity contribution in [1.82, 2.24) is 14.8 Å². The van der Waals surface area contributed by atoms with Crippen molar-refractivity contribution < 1.29 is 14.3 Å². The van der Waals surface area contributed by atoms with E-state index < -0.39 is 0 Å². The molecule has 6 nitrogen and oxygen atoms in total. The van der Waals surface area contributed by atoms with E-state index >= 15 is 0 Å². The van der Waals surface area contributed by atoms with Crippen LogP contribution in [-0.4, -0.2) is 65.6 Å². The molecule has 162 valence electrons. The van der Waals surface area contributed by atoms with Gasteiger partial charge in [-0.15, -0.1) is 23.1 Å². The Bertz CT molecular complexity index is 1030. The van der Waals surface area contributed by atoms with Crippen molar-refractivity contribution in [2.75, 3.05) is 39.0 Å². The molecule has 0 aliphatic carbocycles. The molecule has 4 rings (SSSR count). The van der Waals surface area contributed by atoms with Crippen LogP contribution < -0.4 is 4.74 Å². The van der Waals surface area contributed by atoms with E-state index in [1.165, 1.54) is 4.70 Å². The van der Waals surface area contributed by atoms with Crippen LogP contribution in [0.25, 0.3) is 10.2 Å². The van der Waals surface area contributed by atoms with E-state index in [1.807, 2.05) is 52.3 Å². The fourth-order valence-electron chi connectivity index (χ4n) is 3.57. The van der Waals surface area contributed by atoms with Gasteiger partial charge in [0.2, 0.25) is 11.8 Å². The maximum Gasteiger partial charge on any atom is 0.232 e. The van der Waals surface area contributed by atoms with Crippen molar-refractivity contribution in [3.63, 3.8) is 0 Å². The Morgan fingerprint density at radius 1 is 1.03 bits per heavy atom. The molecule has 1 fully saturated rings. The van der Waals surface area contributed by atoms with Gasteiger partial charge < -0.3 is 14.5 Å². The van der Waals surface area contributed by atoms with Crippen molar-refractivity contribution in [2.24, 2.45) is 0 Å². The molecule has 0 bridgehead atoms. The number of amides is 2. The summed E-state index contributed by atoms with van der Waals surface area (Å²) >= 11 is 3.28. The SMILES string of the molecule is COc1cccc(CC(=O)N2CCN(C(=O)CSCc3nc4ccccc4s3)CC2)c1. The second-order valence-corrected chi connectivity index (χ2v) is 9.46. The molecule has 0 saturated carbocycles. The zero-order chi connectivity index (χ0) is 21.6. The summed E-state index contributed by atoms with van der Waals surface area (Å²) in [5.74, 6) is 2.15. The van der Waals surface area contributed by atoms with Crippen LogP contribution in [0.4, 0.5) is 0 Å². The lowest BCUT2D eigenvalue weighted by atomic mass is 10.1. The van der Waals surface area contributed by atoms with Crippen LogP contribution in [0.5, 0.6) is 5.75 Å². The van der Waals surface area contributed by atoms with E-state index in [4.69, 9.17) is 4.74 Å². The first-order valence-electron chi connectivity index (χ1n) is 10.2. The zero-order valence-corrected chi connectivity index (χ0v) is 19.1. The summed E-state index contributed by atoms with van der Waals surface area (Å²) in [5, 5.41) is 1.05. The van der Waals surface area contributed by atoms with Crippen molar-refractivity contribution in [1.29, 1.82) is 0 Å². The van der Waals surface area contributed by atoms with Crippen LogP contribution in [0.3, 0.4) is 0 Å². The predicted molar refractivity (Wildman–Crippen MR) is 126 cm³/mol. The van der Waals surface area contributed by atoms with Gasteiger partial charge in [0.1, 0.15) is 10.8 Å². The third-order valence-corrected chi connectivity index (χ3v) is 7.41. The van der Waals surface area contributed by atoms with Crippen molar-refractivity contribution in [2.45, 2.75) is 12.2 Å². The van der Waals surface area contributed by atoms with Gasteiger partial charge in [-0.3, -0.25) is 9.59 Å². The van der Waals surface area contributed by atoms with Crippen LogP contribution in [0.2, 0.25) is 0 Å². The minimum atomic E-state index is 0.0885. The summed E-state index contributed by atoms with van der Waals surface area (Å²) in [6.07, 6.45) is 0.350. The van der Waals surface area contributed by atoms with Crippen LogP contribution in [-0.2, 0) is 21.8 Å². The molecule has 2 heterocycles. The summed E-state index contributed by atoms with van der Waals surface area (Å²) < 4.78 is 6.40. The maximum absolute atomic E-state index is 12.6. The summed E-state index contributed by atoms with van der Waals surface area (Å²) in [7, 11) is 1.62. The van der Waals surface area contributed by atoms with E-state index in [9.17, 15) is 9.59 Å². The molecule has 0 unspecified atom stereocenters. The Morgan fingerprint density at radius 2 is 1.77 bits per heavy atom. The fraction of sp³-hybridized carbons (Fsp3) is 0.348. The molecule has 1 aliphatic heterocycles. The maximum atomic E-state index is 12.6. The van der Waals surface area contributed by atoms with Gasteiger partial charge in [0.25, 0.3) is 0 Å². The number of rotatable bonds is 7. The van der Waals surface area contributed by atoms with E-state index in [0.717, 1.165) is 27.6 Å². The standard InChI is InChI=1S/C23H25N3O3S2/c1-29-18-6-4-5-17(13-18)14-22(27)25-9-11-26(12-10-25)23(28)16-30-15-21-24-19-7-2-3-8-20(19)31-21/h2-8,13H,9-12,14-16H2,1H3. The minimum absolute atomic E-state index is 0.0885. The van der Waals surface area contributed by atoms with E-state index in [0.29, 0.717) is 38.4 Å². The first kappa shape index (κ1) is 21.6. The fourth-order valence-corrected chi connectivity index (χ4v) is 5.52. The number of hydrogen-bond donors (Lipinski definition) is 0. The number of para-hydroxylation sites is 1. The zero-order valence-electron chi connectivity index (χ0n) is 17.5. The Balaban J connectivity index is 1.20. The second kappa shape index (κ2) is 10.2. The normalized spacial score (nSPS) is 14.1. The number of aromatic nitrogens is 1. The number of piperazine rings is 1. The first-order chi connectivity index (χ1) is 15.1. The highest BCUT2D eigenvalue weighted by molar-refractivity contribution is 7.99. The van der Waals surface area contributed by atoms with Crippen molar-refractivity contribution in [3.8, 4) is 5.75 Å². The van der Waals surface area contributed by atoms with Crippen LogP contribution in [0, 0.1) is 0 Å². The number of thioether (sulfide) groups is 1. The smallest absolute Gasteiger partial charge is 0.232 e. The van der Waals surface area contributed by atoms with Gasteiger partial charge in [-0.25, -0.2) is 4.98 Å². The highest BCUT2D eigenvalue weighted by atomic mass is 32.2. The molecule has 1 saturated heterocycles. The second-order valence-electron chi connectivity index (χ2n) is 7.36. The molecule has 0 atom stereocenters. The average molecular weight is 456 g/mol. The van der Waals surface area contributed by atoms with Crippen molar-refractivity contribution in [3.05, 3.63) is 59.1 Å². The average Bonchev–Trinajstić information content (AvgIpc) is 3.22. The van der Waals surface area contributed by atoms with Gasteiger partial charge in [0.15, 0.2) is 0 Å². The largest absolute Gasteiger partial charge is 0.497 e. The van der Waals surface area contributed by atoms with Gasteiger partial charge in [-0.1, -0.05) is 24.3 Å². The monoisotopic (exact) mass is 455 g/mol. The lowest BCUT2D eigenvalue weighted by molar-refractivity contribution is -0.137. The highest BCUT2D eigenvalue weighted by Crippen LogP contribution is 2.25. The number of fused-ring (bicyclic) bond motifs is 1. The van der Waals surface area contributed by atoms with Gasteiger partial charge in [0.05, 0.1) is 29.5 Å². The number of carbonyl (C=O) groups excluding carboxylic acids is 2. The van der Waals surface area contributed by atoms with Gasteiger partial charge in [0, 0.05) is 31.9 Å². The summed E-state index contributed by atoms with van der Waals surface area (Å²) in [6.45, 7) is 2.34. The molecule has 0 radical (unpaired) electrons. The van der Waals surface area contributed by atoms with Crippen LogP contribution in [0.15, 0.2) is 48.5 Å². The summed E-state index contributed by atoms with van der Waals surface area (Å²) in [4.78, 5) is 33.5. The molecule has 1 aliphatic rings. The molecule has 2 aromatic carbocycles. The van der Waals surface area contributed by atoms with Crippen molar-refractivity contribution >= 4 is 45.1 Å². The molecule has 2 amide bonds. The number of methoxy groups -OCH3 is 1. The number of thiazole rings is 1. The predicted octanol–water partition coefficient (Wildman–Crippen LogP) is 3.45. The Hall–Kier alpha value is -2.58. The topological polar surface area (TPSA) is 62.7 Å². The van der Waals surface area contributed by atoms with Gasteiger partial charge in [-0.05, 0) is 29.8 Å². The molecule has 3 aromatic rings. The lowest BCUT2D eigenvalue weighted by Crippen LogP contribution is -2.51. The molecule has 1 aromatic heterocycles. The van der Waals surface area contributed by atoms with E-state index in [1.54, 1.807) is 30.2 Å². The number of ether oxygens (including phenoxy) is 1. The third-order valence-electron chi connectivity index (χ3n) is 5.26. The lowest BCUT2D eigenvalue weighted by Gasteiger charge is -2.34. The van der Waals surface area contributed by atoms with Crippen LogP contribution in [0.1, 0.15) is 10.6 Å². The molecule has 0 N–H and O–H groups in total. The Kier molecular flexibility index (Phi) is 7.09. The van der Waals surface area contributed by atoms with Gasteiger partial charge >= 0.3 is 0 Å². The minimum Gasteiger partial charge on any atom is -0.497 e. The number of hydrogen-bond acceptors (Lipinski definition) is 6. The summed E-state index contributed by atoms with van der Waals surface area (Å²) in [6, 6.07) is 15.7. The van der Waals surface area contributed by atoms with E-state index in [2.05, 4.69) is 11.1 Å². The molecular formula is C23H25N3O3S2. The number of benzene rings is 2. The number of nitrogens with zero attached hydrogens (tertiary/aromatic N) is 3. The third kappa shape index (κ3) is 5.57. The van der Waals surface area contributed by atoms with Crippen LogP contribution >= 0.6 is 23.1 Å². The molecule has 0 spiro atoms. The Morgan fingerprint density at radius 3 is 2.52 bits per heavy atom. The molecule has 8 heteroatoms. The summed E-state index contributed by atoms with van der Waals surface area (Å²) in [5.41, 5.74) is 1.96. The Labute approximate surface area is 190 Å². The number of carbonyl (C=O) groups is 2. The van der Waals surface area contributed by atoms with Gasteiger partial charge in [-0.2, -0.15) is 0 Å². The quantitative estimate of drug-likeness (QED) is 0.546. The molecular weight excluding hydrogens is 430 g/mol. The van der Waals surface area contributed by atoms with E-state index in [-0.39, 0.29) is 11.8 Å². The molecule has 31 heavy (non-hydrogen) atoms. The first-order valence-corrected chi connectivity index (χ1v) is 12.2.